The Labute approximate surface area is 448 Å². The van der Waals surface area contributed by atoms with Crippen LogP contribution in [0.4, 0.5) is 0 Å². The van der Waals surface area contributed by atoms with Crippen LogP contribution in [0.3, 0.4) is 0 Å². The third kappa shape index (κ3) is 39.6. The van der Waals surface area contributed by atoms with Crippen LogP contribution in [0, 0.1) is 0 Å². The fourth-order valence-electron chi connectivity index (χ4n) is 10.2. The molecule has 0 bridgehead atoms. The molecule has 9 unspecified atom stereocenters. The molecule has 0 radical (unpaired) electrons. The lowest BCUT2D eigenvalue weighted by atomic mass is 9.98. The van der Waals surface area contributed by atoms with Crippen molar-refractivity contribution in [3.8, 4) is 0 Å². The summed E-state index contributed by atoms with van der Waals surface area (Å²) in [6.07, 6.45) is 51.4. The summed E-state index contributed by atoms with van der Waals surface area (Å²) in [5, 5.41) is 75.9. The first-order chi connectivity index (χ1) is 35.7. The van der Waals surface area contributed by atoms with Crippen LogP contribution in [-0.2, 0) is 14.3 Å². The van der Waals surface area contributed by atoms with Gasteiger partial charge in [-0.15, -0.1) is 0 Å². The number of carbonyl (C=O) groups is 1. The summed E-state index contributed by atoms with van der Waals surface area (Å²) in [4.78, 5) is 13.2. The first-order valence-electron chi connectivity index (χ1n) is 31.2. The van der Waals surface area contributed by atoms with Crippen molar-refractivity contribution in [1.29, 1.82) is 0 Å². The first kappa shape index (κ1) is 69.6. The number of aliphatic hydroxyl groups is 7. The molecule has 1 amide bonds. The number of amides is 1. The van der Waals surface area contributed by atoms with Crippen molar-refractivity contribution in [2.24, 2.45) is 0 Å². The van der Waals surface area contributed by atoms with Crippen LogP contribution in [0.2, 0.25) is 0 Å². The van der Waals surface area contributed by atoms with Gasteiger partial charge in [0.05, 0.1) is 25.4 Å². The SMILES string of the molecule is CCCCC/C=C/CC/C=C/CCCC(O)C(O)C(COC1OC(CO)C(O)C(O)C1O)NC(=O)C(O)CCCCCCCCCCCCCCCCCCCCCCCCCCCCCCCCCCCC. The standard InChI is InChI=1S/C62H119NO10/c1-3-5-7-9-11-13-15-17-18-19-20-21-22-23-24-25-26-27-28-29-30-31-32-33-34-35-36-37-38-40-42-44-46-48-50-55(66)61(71)63-53(52-72-62-60(70)59(69)58(68)56(51-64)73-62)57(67)54(65)49-47-45-43-41-39-16-14-12-10-8-6-4-2/h12,14,41,43,53-60,62,64-70H,3-11,13,15-40,42,44-52H2,1-2H3,(H,63,71)/b14-12+,43-41+. The zero-order valence-electron chi connectivity index (χ0n) is 47.4. The van der Waals surface area contributed by atoms with E-state index in [2.05, 4.69) is 43.5 Å². The summed E-state index contributed by atoms with van der Waals surface area (Å²) in [5.74, 6) is -0.706. The second kappa shape index (κ2) is 51.4. The molecule has 432 valence electrons. The Bertz CT molecular complexity index is 1240. The van der Waals surface area contributed by atoms with Gasteiger partial charge < -0.3 is 50.5 Å². The summed E-state index contributed by atoms with van der Waals surface area (Å²) in [7, 11) is 0. The molecule has 1 fully saturated rings. The van der Waals surface area contributed by atoms with Crippen LogP contribution in [0.15, 0.2) is 24.3 Å². The van der Waals surface area contributed by atoms with Crippen LogP contribution >= 0.6 is 0 Å². The minimum atomic E-state index is -1.67. The molecule has 0 aromatic carbocycles. The van der Waals surface area contributed by atoms with Crippen molar-refractivity contribution in [1.82, 2.24) is 5.32 Å². The lowest BCUT2D eigenvalue weighted by molar-refractivity contribution is -0.303. The predicted molar refractivity (Wildman–Crippen MR) is 302 cm³/mol. The lowest BCUT2D eigenvalue weighted by Crippen LogP contribution is -2.60. The van der Waals surface area contributed by atoms with Gasteiger partial charge in [-0.25, -0.2) is 0 Å². The monoisotopic (exact) mass is 1040 g/mol. The molecular weight excluding hydrogens is 919 g/mol. The smallest absolute Gasteiger partial charge is 0.249 e. The molecule has 1 heterocycles. The third-order valence-corrected chi connectivity index (χ3v) is 15.2. The van der Waals surface area contributed by atoms with E-state index in [1.807, 2.05) is 0 Å². The van der Waals surface area contributed by atoms with Gasteiger partial charge in [-0.2, -0.15) is 0 Å². The van der Waals surface area contributed by atoms with E-state index in [4.69, 9.17) is 9.47 Å². The van der Waals surface area contributed by atoms with Crippen molar-refractivity contribution in [3.63, 3.8) is 0 Å². The van der Waals surface area contributed by atoms with Crippen molar-refractivity contribution < 1.29 is 50.0 Å². The molecule has 1 rings (SSSR count). The van der Waals surface area contributed by atoms with Gasteiger partial charge in [-0.3, -0.25) is 4.79 Å². The fourth-order valence-corrected chi connectivity index (χ4v) is 10.2. The Morgan fingerprint density at radius 1 is 0.466 bits per heavy atom. The molecule has 1 aliphatic rings. The molecule has 0 aromatic heterocycles. The highest BCUT2D eigenvalue weighted by molar-refractivity contribution is 5.80. The van der Waals surface area contributed by atoms with E-state index in [-0.39, 0.29) is 12.8 Å². The number of nitrogens with one attached hydrogen (secondary N) is 1. The summed E-state index contributed by atoms with van der Waals surface area (Å²) >= 11 is 0. The minimum absolute atomic E-state index is 0.248. The molecule has 11 heteroatoms. The number of hydrogen-bond donors (Lipinski definition) is 8. The van der Waals surface area contributed by atoms with Crippen LogP contribution in [-0.4, -0.2) is 110 Å². The Kier molecular flexibility index (Phi) is 49.0. The molecule has 73 heavy (non-hydrogen) atoms. The van der Waals surface area contributed by atoms with Gasteiger partial charge >= 0.3 is 0 Å². The number of unbranched alkanes of at least 4 members (excludes halogenated alkanes) is 38. The van der Waals surface area contributed by atoms with Crippen molar-refractivity contribution in [3.05, 3.63) is 24.3 Å². The quantitative estimate of drug-likeness (QED) is 0.0215. The lowest BCUT2D eigenvalue weighted by Gasteiger charge is -2.40. The number of carbonyl (C=O) groups excluding carboxylic acids is 1. The minimum Gasteiger partial charge on any atom is -0.394 e. The zero-order valence-corrected chi connectivity index (χ0v) is 47.4. The van der Waals surface area contributed by atoms with E-state index in [0.29, 0.717) is 19.3 Å². The molecule has 0 aliphatic carbocycles. The Morgan fingerprint density at radius 3 is 1.22 bits per heavy atom. The highest BCUT2D eigenvalue weighted by Gasteiger charge is 2.44. The zero-order chi connectivity index (χ0) is 53.3. The largest absolute Gasteiger partial charge is 0.394 e. The normalized spacial score (nSPS) is 20.0. The summed E-state index contributed by atoms with van der Waals surface area (Å²) in [6, 6.07) is -1.19. The van der Waals surface area contributed by atoms with Crippen LogP contribution < -0.4 is 5.32 Å². The average Bonchev–Trinajstić information content (AvgIpc) is 3.39. The second-order valence-corrected chi connectivity index (χ2v) is 22.1. The van der Waals surface area contributed by atoms with E-state index < -0.39 is 74.2 Å². The van der Waals surface area contributed by atoms with Gasteiger partial charge in [0.1, 0.15) is 36.6 Å². The molecule has 9 atom stereocenters. The van der Waals surface area contributed by atoms with E-state index in [1.54, 1.807) is 0 Å². The maximum atomic E-state index is 13.2. The number of rotatable bonds is 54. The molecular formula is C62H119NO10. The third-order valence-electron chi connectivity index (χ3n) is 15.2. The number of allylic oxidation sites excluding steroid dienone is 4. The van der Waals surface area contributed by atoms with Crippen LogP contribution in [0.25, 0.3) is 0 Å². The molecule has 1 saturated heterocycles. The highest BCUT2D eigenvalue weighted by Crippen LogP contribution is 2.24. The maximum absolute atomic E-state index is 13.2. The summed E-state index contributed by atoms with van der Waals surface area (Å²) < 4.78 is 11.1. The van der Waals surface area contributed by atoms with Crippen LogP contribution in [0.5, 0.6) is 0 Å². The van der Waals surface area contributed by atoms with Crippen molar-refractivity contribution in [2.45, 2.75) is 351 Å². The van der Waals surface area contributed by atoms with E-state index in [1.165, 1.54) is 212 Å². The maximum Gasteiger partial charge on any atom is 0.249 e. The van der Waals surface area contributed by atoms with Gasteiger partial charge in [0.15, 0.2) is 6.29 Å². The van der Waals surface area contributed by atoms with Crippen LogP contribution in [0.1, 0.15) is 296 Å². The Hall–Kier alpha value is -1.41. The highest BCUT2D eigenvalue weighted by atomic mass is 16.7. The van der Waals surface area contributed by atoms with Gasteiger partial charge in [-0.05, 0) is 51.4 Å². The molecule has 0 aromatic rings. The number of hydrogen-bond acceptors (Lipinski definition) is 10. The topological polar surface area (TPSA) is 189 Å². The molecule has 0 spiro atoms. The molecule has 11 nitrogen and oxygen atoms in total. The van der Waals surface area contributed by atoms with Gasteiger partial charge in [0.2, 0.25) is 5.91 Å². The summed E-state index contributed by atoms with van der Waals surface area (Å²) in [6.45, 7) is 3.42. The molecule has 8 N–H and O–H groups in total. The molecule has 0 saturated carbocycles. The van der Waals surface area contributed by atoms with E-state index in [9.17, 15) is 40.5 Å². The van der Waals surface area contributed by atoms with E-state index in [0.717, 1.165) is 38.5 Å². The molecule has 1 aliphatic heterocycles. The van der Waals surface area contributed by atoms with Gasteiger partial charge in [0, 0.05) is 0 Å². The number of aliphatic hydroxyl groups excluding tert-OH is 7. The second-order valence-electron chi connectivity index (χ2n) is 22.1. The van der Waals surface area contributed by atoms with Gasteiger partial charge in [-0.1, -0.05) is 269 Å². The fraction of sp³-hybridized carbons (Fsp3) is 0.919. The Balaban J connectivity index is 2.14. The van der Waals surface area contributed by atoms with Gasteiger partial charge in [0.25, 0.3) is 0 Å². The number of ether oxygens (including phenoxy) is 2. The Morgan fingerprint density at radius 2 is 0.822 bits per heavy atom. The predicted octanol–water partition coefficient (Wildman–Crippen LogP) is 13.7. The average molecular weight is 1040 g/mol. The van der Waals surface area contributed by atoms with Crippen molar-refractivity contribution >= 4 is 5.91 Å². The van der Waals surface area contributed by atoms with Crippen molar-refractivity contribution in [2.75, 3.05) is 13.2 Å². The summed E-state index contributed by atoms with van der Waals surface area (Å²) in [5.41, 5.74) is 0. The first-order valence-corrected chi connectivity index (χ1v) is 31.2. The van der Waals surface area contributed by atoms with E-state index >= 15 is 0 Å².